The van der Waals surface area contributed by atoms with E-state index in [1.165, 1.54) is 10.6 Å². The van der Waals surface area contributed by atoms with E-state index >= 15 is 0 Å². The van der Waals surface area contributed by atoms with Crippen LogP contribution in [0.3, 0.4) is 0 Å². The average molecular weight is 284 g/mol. The van der Waals surface area contributed by atoms with Crippen molar-refractivity contribution in [1.82, 2.24) is 14.3 Å². The highest BCUT2D eigenvalue weighted by Gasteiger charge is 2.26. The van der Waals surface area contributed by atoms with E-state index < -0.39 is 10.0 Å². The summed E-state index contributed by atoms with van der Waals surface area (Å²) < 4.78 is 24.6. The van der Waals surface area contributed by atoms with Crippen molar-refractivity contribution >= 4 is 16.0 Å². The maximum Gasteiger partial charge on any atom is 0.223 e. The summed E-state index contributed by atoms with van der Waals surface area (Å²) in [4.78, 5) is 8.65. The largest absolute Gasteiger partial charge is 0.350 e. The van der Waals surface area contributed by atoms with Gasteiger partial charge in [-0.3, -0.25) is 0 Å². The molecule has 2 heterocycles. The number of hydrogen-bond acceptors (Lipinski definition) is 5. The van der Waals surface area contributed by atoms with E-state index in [0.29, 0.717) is 19.0 Å². The molecule has 19 heavy (non-hydrogen) atoms. The summed E-state index contributed by atoms with van der Waals surface area (Å²) >= 11 is 0. The van der Waals surface area contributed by atoms with Gasteiger partial charge in [0.2, 0.25) is 16.0 Å². The third-order valence-corrected chi connectivity index (χ3v) is 4.44. The molecule has 0 radical (unpaired) electrons. The lowest BCUT2D eigenvalue weighted by Gasteiger charge is -2.31. The van der Waals surface area contributed by atoms with Crippen LogP contribution in [0.4, 0.5) is 5.95 Å². The Morgan fingerprint density at radius 3 is 2.53 bits per heavy atom. The molecular formula is C12H20N4O2S. The average Bonchev–Trinajstić information content (AvgIpc) is 2.26. The molecule has 0 aliphatic carbocycles. The van der Waals surface area contributed by atoms with Crippen LogP contribution in [-0.4, -0.2) is 48.1 Å². The number of aryl methyl sites for hydroxylation is 2. The van der Waals surface area contributed by atoms with E-state index in [4.69, 9.17) is 0 Å². The first-order valence-corrected chi connectivity index (χ1v) is 8.23. The molecule has 0 aromatic carbocycles. The van der Waals surface area contributed by atoms with Gasteiger partial charge in [0.25, 0.3) is 0 Å². The fourth-order valence-electron chi connectivity index (χ4n) is 2.33. The summed E-state index contributed by atoms with van der Waals surface area (Å²) in [5, 5.41) is 3.24. The predicted octanol–water partition coefficient (Wildman–Crippen LogP) is 0.929. The number of piperidine rings is 1. The van der Waals surface area contributed by atoms with E-state index in [-0.39, 0.29) is 6.04 Å². The minimum Gasteiger partial charge on any atom is -0.350 e. The molecule has 1 atom stereocenters. The van der Waals surface area contributed by atoms with Crippen LogP contribution in [0.5, 0.6) is 0 Å². The highest BCUT2D eigenvalue weighted by molar-refractivity contribution is 7.88. The van der Waals surface area contributed by atoms with Gasteiger partial charge >= 0.3 is 0 Å². The molecule has 106 valence electrons. The molecule has 1 unspecified atom stereocenters. The fraction of sp³-hybridized carbons (Fsp3) is 0.667. The number of sulfonamides is 1. The summed E-state index contributed by atoms with van der Waals surface area (Å²) in [6.07, 6.45) is 3.04. The second-order valence-electron chi connectivity index (χ2n) is 5.08. The van der Waals surface area contributed by atoms with Crippen molar-refractivity contribution in [1.29, 1.82) is 0 Å². The molecule has 2 rings (SSSR count). The maximum atomic E-state index is 11.6. The number of aromatic nitrogens is 2. The zero-order valence-electron chi connectivity index (χ0n) is 11.5. The first kappa shape index (κ1) is 14.2. The summed E-state index contributed by atoms with van der Waals surface area (Å²) in [6.45, 7) is 4.92. The number of rotatable bonds is 3. The Morgan fingerprint density at radius 2 is 1.95 bits per heavy atom. The topological polar surface area (TPSA) is 75.2 Å². The molecule has 1 aromatic heterocycles. The number of nitrogens with one attached hydrogen (secondary N) is 1. The van der Waals surface area contributed by atoms with Crippen LogP contribution in [0.2, 0.25) is 0 Å². The fourth-order valence-corrected chi connectivity index (χ4v) is 3.25. The Hall–Kier alpha value is -1.21. The molecule has 1 saturated heterocycles. The summed E-state index contributed by atoms with van der Waals surface area (Å²) in [7, 11) is -3.11. The molecule has 1 N–H and O–H groups in total. The second-order valence-corrected chi connectivity index (χ2v) is 7.06. The van der Waals surface area contributed by atoms with Crippen LogP contribution in [0, 0.1) is 13.8 Å². The molecule has 1 aliphatic rings. The number of nitrogens with zero attached hydrogens (tertiary/aromatic N) is 3. The van der Waals surface area contributed by atoms with Crippen LogP contribution in [-0.2, 0) is 10.0 Å². The van der Waals surface area contributed by atoms with Crippen molar-refractivity contribution in [3.05, 3.63) is 17.5 Å². The van der Waals surface area contributed by atoms with Crippen molar-refractivity contribution < 1.29 is 8.42 Å². The highest BCUT2D eigenvalue weighted by atomic mass is 32.2. The second kappa shape index (κ2) is 5.42. The predicted molar refractivity (Wildman–Crippen MR) is 74.6 cm³/mol. The third kappa shape index (κ3) is 3.87. The zero-order chi connectivity index (χ0) is 14.0. The van der Waals surface area contributed by atoms with Crippen LogP contribution in [0.15, 0.2) is 6.07 Å². The number of hydrogen-bond donors (Lipinski definition) is 1. The molecular weight excluding hydrogens is 264 g/mol. The van der Waals surface area contributed by atoms with Crippen LogP contribution in [0.25, 0.3) is 0 Å². The van der Waals surface area contributed by atoms with Gasteiger partial charge in [0.1, 0.15) is 0 Å². The quantitative estimate of drug-likeness (QED) is 0.893. The van der Waals surface area contributed by atoms with Crippen molar-refractivity contribution in [2.24, 2.45) is 0 Å². The van der Waals surface area contributed by atoms with E-state index in [2.05, 4.69) is 15.3 Å². The SMILES string of the molecule is Cc1cc(C)nc(NC2CCCN(S(C)(=O)=O)C2)n1. The van der Waals surface area contributed by atoms with E-state index in [1.807, 2.05) is 19.9 Å². The van der Waals surface area contributed by atoms with Gasteiger partial charge in [-0.25, -0.2) is 22.7 Å². The highest BCUT2D eigenvalue weighted by Crippen LogP contribution is 2.16. The molecule has 1 aromatic rings. The van der Waals surface area contributed by atoms with Gasteiger partial charge in [-0.05, 0) is 32.8 Å². The minimum atomic E-state index is -3.11. The van der Waals surface area contributed by atoms with Crippen LogP contribution >= 0.6 is 0 Å². The lowest BCUT2D eigenvalue weighted by Crippen LogP contribution is -2.44. The molecule has 1 fully saturated rings. The third-order valence-electron chi connectivity index (χ3n) is 3.17. The summed E-state index contributed by atoms with van der Waals surface area (Å²) in [5.41, 5.74) is 1.82. The smallest absolute Gasteiger partial charge is 0.223 e. The molecule has 0 bridgehead atoms. The summed E-state index contributed by atoms with van der Waals surface area (Å²) in [6, 6.07) is 1.99. The monoisotopic (exact) mass is 284 g/mol. The van der Waals surface area contributed by atoms with E-state index in [9.17, 15) is 8.42 Å². The van der Waals surface area contributed by atoms with E-state index in [1.54, 1.807) is 0 Å². The van der Waals surface area contributed by atoms with Gasteiger partial charge in [0.15, 0.2) is 0 Å². The number of anilines is 1. The maximum absolute atomic E-state index is 11.6. The van der Waals surface area contributed by atoms with Gasteiger partial charge in [-0.2, -0.15) is 0 Å². The molecule has 7 heteroatoms. The molecule has 6 nitrogen and oxygen atoms in total. The van der Waals surface area contributed by atoms with Crippen LogP contribution in [0.1, 0.15) is 24.2 Å². The first-order chi connectivity index (χ1) is 8.84. The van der Waals surface area contributed by atoms with Crippen molar-refractivity contribution in [3.63, 3.8) is 0 Å². The van der Waals surface area contributed by atoms with Crippen molar-refractivity contribution in [2.75, 3.05) is 24.7 Å². The van der Waals surface area contributed by atoms with E-state index in [0.717, 1.165) is 24.2 Å². The molecule has 0 saturated carbocycles. The zero-order valence-corrected chi connectivity index (χ0v) is 12.4. The Bertz CT molecular complexity index is 539. The Kier molecular flexibility index (Phi) is 4.05. The van der Waals surface area contributed by atoms with Crippen molar-refractivity contribution in [2.45, 2.75) is 32.7 Å². The van der Waals surface area contributed by atoms with Gasteiger partial charge in [-0.1, -0.05) is 0 Å². The minimum absolute atomic E-state index is 0.0738. The lowest BCUT2D eigenvalue weighted by atomic mass is 10.1. The normalized spacial score (nSPS) is 21.3. The van der Waals surface area contributed by atoms with Gasteiger partial charge in [0, 0.05) is 30.5 Å². The molecule has 1 aliphatic heterocycles. The van der Waals surface area contributed by atoms with Gasteiger partial charge < -0.3 is 5.32 Å². The van der Waals surface area contributed by atoms with Gasteiger partial charge in [0.05, 0.1) is 6.26 Å². The standard InChI is InChI=1S/C12H20N4O2S/c1-9-7-10(2)14-12(13-9)15-11-5-4-6-16(8-11)19(3,17)18/h7,11H,4-6,8H2,1-3H3,(H,13,14,15). The Labute approximate surface area is 114 Å². The lowest BCUT2D eigenvalue weighted by molar-refractivity contribution is 0.328. The Morgan fingerprint density at radius 1 is 1.32 bits per heavy atom. The molecule has 0 spiro atoms. The first-order valence-electron chi connectivity index (χ1n) is 6.38. The van der Waals surface area contributed by atoms with Crippen LogP contribution < -0.4 is 5.32 Å². The summed E-state index contributed by atoms with van der Waals surface area (Å²) in [5.74, 6) is 0.581. The van der Waals surface area contributed by atoms with Crippen molar-refractivity contribution in [3.8, 4) is 0 Å². The molecule has 0 amide bonds. The van der Waals surface area contributed by atoms with Gasteiger partial charge in [-0.15, -0.1) is 0 Å². The Balaban J connectivity index is 2.06.